The van der Waals surface area contributed by atoms with Gasteiger partial charge in [0.1, 0.15) is 5.65 Å². The first kappa shape index (κ1) is 27.9. The maximum atomic E-state index is 4.75. The Balaban J connectivity index is 1.05. The molecule has 5 aromatic heterocycles. The lowest BCUT2D eigenvalue weighted by Crippen LogP contribution is -1.98. The number of fused-ring (bicyclic) bond motifs is 9. The SMILES string of the molecule is c1ccc(-n2c3ccccc3c3cc(-c4ccc5c(c4)c4ccccc4n5-c4ccc(-n5c6cccnc6c6cccnc65)cc4)ccc32)cc1. The second kappa shape index (κ2) is 10.8. The highest BCUT2D eigenvalue weighted by Crippen LogP contribution is 2.38. The first-order valence-electron chi connectivity index (χ1n) is 17.2. The zero-order valence-electron chi connectivity index (χ0n) is 27.5. The normalized spacial score (nSPS) is 11.9. The minimum atomic E-state index is 0.908. The predicted octanol–water partition coefficient (Wildman–Crippen LogP) is 11.4. The summed E-state index contributed by atoms with van der Waals surface area (Å²) in [4.78, 5) is 9.43. The van der Waals surface area contributed by atoms with Crippen LogP contribution in [0.4, 0.5) is 0 Å². The molecule has 0 saturated heterocycles. The molecule has 0 saturated carbocycles. The van der Waals surface area contributed by atoms with Gasteiger partial charge in [-0.1, -0.05) is 66.7 Å². The summed E-state index contributed by atoms with van der Waals surface area (Å²) in [7, 11) is 0. The van der Waals surface area contributed by atoms with Gasteiger partial charge in [-0.2, -0.15) is 0 Å². The van der Waals surface area contributed by atoms with Gasteiger partial charge in [0.05, 0.1) is 33.1 Å². The smallest absolute Gasteiger partial charge is 0.147 e. The van der Waals surface area contributed by atoms with E-state index >= 15 is 0 Å². The monoisotopic (exact) mass is 651 g/mol. The zero-order valence-corrected chi connectivity index (χ0v) is 27.5. The molecule has 5 heteroatoms. The second-order valence-electron chi connectivity index (χ2n) is 13.1. The van der Waals surface area contributed by atoms with Crippen molar-refractivity contribution in [3.8, 4) is 28.2 Å². The highest BCUT2D eigenvalue weighted by Gasteiger charge is 2.17. The topological polar surface area (TPSA) is 40.6 Å². The third-order valence-corrected chi connectivity index (χ3v) is 10.3. The molecule has 0 unspecified atom stereocenters. The van der Waals surface area contributed by atoms with Crippen LogP contribution in [0.2, 0.25) is 0 Å². The Morgan fingerprint density at radius 2 is 0.784 bits per heavy atom. The third-order valence-electron chi connectivity index (χ3n) is 10.3. The zero-order chi connectivity index (χ0) is 33.5. The lowest BCUT2D eigenvalue weighted by Gasteiger charge is -2.11. The number of rotatable bonds is 4. The molecular formula is C46H29N5. The molecule has 11 rings (SSSR count). The molecular weight excluding hydrogens is 623 g/mol. The molecule has 0 aliphatic heterocycles. The van der Waals surface area contributed by atoms with E-state index in [1.807, 2.05) is 24.5 Å². The van der Waals surface area contributed by atoms with E-state index in [1.54, 1.807) is 0 Å². The Morgan fingerprint density at radius 3 is 1.43 bits per heavy atom. The van der Waals surface area contributed by atoms with Crippen molar-refractivity contribution in [3.05, 3.63) is 176 Å². The van der Waals surface area contributed by atoms with Gasteiger partial charge < -0.3 is 9.13 Å². The summed E-state index contributed by atoms with van der Waals surface area (Å²) in [5.74, 6) is 0. The van der Waals surface area contributed by atoms with Gasteiger partial charge in [0.25, 0.3) is 0 Å². The second-order valence-corrected chi connectivity index (χ2v) is 13.1. The minimum Gasteiger partial charge on any atom is -0.309 e. The van der Waals surface area contributed by atoms with Gasteiger partial charge in [-0.15, -0.1) is 0 Å². The Labute approximate surface area is 292 Å². The highest BCUT2D eigenvalue weighted by atomic mass is 15.1. The number of nitrogens with zero attached hydrogens (tertiary/aromatic N) is 5. The van der Waals surface area contributed by atoms with Gasteiger partial charge in [-0.25, -0.2) is 4.98 Å². The summed E-state index contributed by atoms with van der Waals surface area (Å²) in [5.41, 5.74) is 13.4. The lowest BCUT2D eigenvalue weighted by atomic mass is 10.0. The maximum absolute atomic E-state index is 4.75. The minimum absolute atomic E-state index is 0.908. The molecule has 51 heavy (non-hydrogen) atoms. The third kappa shape index (κ3) is 4.09. The van der Waals surface area contributed by atoms with Crippen LogP contribution in [0.15, 0.2) is 176 Å². The molecule has 0 spiro atoms. The van der Waals surface area contributed by atoms with Crippen LogP contribution in [0.5, 0.6) is 0 Å². The summed E-state index contributed by atoms with van der Waals surface area (Å²) in [5, 5.41) is 6.03. The van der Waals surface area contributed by atoms with Crippen molar-refractivity contribution in [1.29, 1.82) is 0 Å². The molecule has 0 aliphatic rings. The fourth-order valence-corrected chi connectivity index (χ4v) is 8.11. The van der Waals surface area contributed by atoms with Gasteiger partial charge in [0.15, 0.2) is 0 Å². The van der Waals surface area contributed by atoms with Crippen molar-refractivity contribution in [1.82, 2.24) is 23.7 Å². The van der Waals surface area contributed by atoms with Crippen LogP contribution in [0.3, 0.4) is 0 Å². The summed E-state index contributed by atoms with van der Waals surface area (Å²) in [6.45, 7) is 0. The highest BCUT2D eigenvalue weighted by molar-refractivity contribution is 6.13. The van der Waals surface area contributed by atoms with Crippen molar-refractivity contribution in [2.75, 3.05) is 0 Å². The largest absolute Gasteiger partial charge is 0.309 e. The van der Waals surface area contributed by atoms with Gasteiger partial charge in [-0.05, 0) is 108 Å². The fraction of sp³-hybridized carbons (Fsp3) is 0. The van der Waals surface area contributed by atoms with Crippen LogP contribution in [0, 0.1) is 0 Å². The van der Waals surface area contributed by atoms with E-state index < -0.39 is 0 Å². The van der Waals surface area contributed by atoms with Crippen molar-refractivity contribution < 1.29 is 0 Å². The lowest BCUT2D eigenvalue weighted by molar-refractivity contribution is 1.12. The number of hydrogen-bond donors (Lipinski definition) is 0. The summed E-state index contributed by atoms with van der Waals surface area (Å²) >= 11 is 0. The molecule has 0 fully saturated rings. The quantitative estimate of drug-likeness (QED) is 0.190. The van der Waals surface area contributed by atoms with Crippen LogP contribution in [0.1, 0.15) is 0 Å². The number of hydrogen-bond acceptors (Lipinski definition) is 2. The van der Waals surface area contributed by atoms with Crippen molar-refractivity contribution in [2.24, 2.45) is 0 Å². The number of pyridine rings is 2. The number of para-hydroxylation sites is 3. The van der Waals surface area contributed by atoms with Crippen LogP contribution in [0.25, 0.3) is 93.9 Å². The number of aromatic nitrogens is 5. The van der Waals surface area contributed by atoms with Crippen molar-refractivity contribution in [2.45, 2.75) is 0 Å². The van der Waals surface area contributed by atoms with E-state index in [1.165, 1.54) is 60.4 Å². The van der Waals surface area contributed by atoms with Crippen LogP contribution in [-0.2, 0) is 0 Å². The van der Waals surface area contributed by atoms with Gasteiger partial charge in [0, 0.05) is 56.4 Å². The summed E-state index contributed by atoms with van der Waals surface area (Å²) < 4.78 is 6.94. The molecule has 11 aromatic rings. The van der Waals surface area contributed by atoms with E-state index in [2.05, 4.69) is 170 Å². The molecule has 238 valence electrons. The molecule has 5 nitrogen and oxygen atoms in total. The van der Waals surface area contributed by atoms with Gasteiger partial charge >= 0.3 is 0 Å². The first-order valence-corrected chi connectivity index (χ1v) is 17.2. The summed E-state index contributed by atoms with van der Waals surface area (Å²) in [6.07, 6.45) is 3.69. The Hall–Kier alpha value is -6.98. The predicted molar refractivity (Wildman–Crippen MR) is 210 cm³/mol. The maximum Gasteiger partial charge on any atom is 0.147 e. The Kier molecular flexibility index (Phi) is 5.89. The van der Waals surface area contributed by atoms with Crippen molar-refractivity contribution >= 4 is 65.7 Å². The molecule has 0 atom stereocenters. The molecule has 6 aromatic carbocycles. The number of benzene rings is 6. The van der Waals surface area contributed by atoms with E-state index in [-0.39, 0.29) is 0 Å². The molecule has 0 N–H and O–H groups in total. The molecule has 0 bridgehead atoms. The molecule has 0 aliphatic carbocycles. The molecule has 0 amide bonds. The van der Waals surface area contributed by atoms with Gasteiger partial charge in [0.2, 0.25) is 0 Å². The Morgan fingerprint density at radius 1 is 0.314 bits per heavy atom. The molecule has 5 heterocycles. The van der Waals surface area contributed by atoms with Crippen LogP contribution < -0.4 is 0 Å². The standard InChI is InChI=1S/C46H29N5/c1-2-10-32(11-3-1)49-40-15-6-4-12-35(40)38-28-30(18-24-42(38)49)31-19-25-43-39(29-31)36-13-5-7-16-41(36)50(43)33-20-22-34(23-21-33)51-44-17-9-26-47-45(44)37-14-8-27-48-46(37)51/h1-29H. The van der Waals surface area contributed by atoms with Crippen LogP contribution >= 0.6 is 0 Å². The average molecular weight is 652 g/mol. The molecule has 0 radical (unpaired) electrons. The van der Waals surface area contributed by atoms with Gasteiger partial charge in [-0.3, -0.25) is 9.55 Å². The Bertz CT molecular complexity index is 3070. The summed E-state index contributed by atoms with van der Waals surface area (Å²) in [6, 6.07) is 58.8. The van der Waals surface area contributed by atoms with E-state index in [0.717, 1.165) is 33.4 Å². The fourth-order valence-electron chi connectivity index (χ4n) is 8.11. The first-order chi connectivity index (χ1) is 25.3. The average Bonchev–Trinajstić information content (AvgIpc) is 3.84. The van der Waals surface area contributed by atoms with Crippen molar-refractivity contribution in [3.63, 3.8) is 0 Å². The van der Waals surface area contributed by atoms with E-state index in [0.29, 0.717) is 0 Å². The van der Waals surface area contributed by atoms with E-state index in [9.17, 15) is 0 Å². The van der Waals surface area contributed by atoms with E-state index in [4.69, 9.17) is 4.98 Å². The van der Waals surface area contributed by atoms with Crippen LogP contribution in [-0.4, -0.2) is 23.7 Å².